The predicted molar refractivity (Wildman–Crippen MR) is 55.1 cm³/mol. The topological polar surface area (TPSA) is 75.3 Å². The van der Waals surface area contributed by atoms with Gasteiger partial charge in [-0.1, -0.05) is 28.6 Å². The molecule has 0 aliphatic heterocycles. The predicted octanol–water partition coefficient (Wildman–Crippen LogP) is 0.925. The van der Waals surface area contributed by atoms with Gasteiger partial charge in [0.1, 0.15) is 0 Å². The highest BCUT2D eigenvalue weighted by Gasteiger charge is 1.99. The Labute approximate surface area is 84.9 Å². The van der Waals surface area contributed by atoms with Crippen molar-refractivity contribution in [1.82, 2.24) is 5.43 Å². The maximum Gasteiger partial charge on any atom is 0.335 e. The van der Waals surface area contributed by atoms with E-state index in [9.17, 15) is 4.79 Å². The first-order valence-electron chi connectivity index (χ1n) is 3.47. The average molecular weight is 247 g/mol. The maximum atomic E-state index is 10.5. The van der Waals surface area contributed by atoms with Crippen LogP contribution in [0.3, 0.4) is 0 Å². The largest absolute Gasteiger partial charge is 0.478 e. The molecule has 0 atom stereocenters. The number of nitrogens with one attached hydrogen (secondary N) is 1. The third-order valence-electron chi connectivity index (χ3n) is 1.18. The summed E-state index contributed by atoms with van der Waals surface area (Å²) >= 11 is 3.19. The Hall–Kier alpha value is -0.910. The molecule has 0 radical (unpaired) electrons. The van der Waals surface area contributed by atoms with Crippen LogP contribution in [0.4, 0.5) is 0 Å². The SMILES string of the molecule is C=C/C(=C\C=C(/Br)CNN)C(=O)O. The van der Waals surface area contributed by atoms with Gasteiger partial charge in [0, 0.05) is 11.0 Å². The summed E-state index contributed by atoms with van der Waals surface area (Å²) in [6.07, 6.45) is 4.32. The Kier molecular flexibility index (Phi) is 6.13. The van der Waals surface area contributed by atoms with Gasteiger partial charge < -0.3 is 5.11 Å². The number of hydrazine groups is 1. The molecule has 0 fully saturated rings. The minimum atomic E-state index is -1.01. The standard InChI is InChI=1S/C8H11BrN2O2/c1-2-6(8(12)13)3-4-7(9)5-11-10/h2-4,11H,1,5,10H2,(H,12,13)/b6-3+,7-4-. The van der Waals surface area contributed by atoms with Gasteiger partial charge in [-0.2, -0.15) is 0 Å². The lowest BCUT2D eigenvalue weighted by Crippen LogP contribution is -2.22. The fraction of sp³-hybridized carbons (Fsp3) is 0.125. The fourth-order valence-corrected chi connectivity index (χ4v) is 0.857. The van der Waals surface area contributed by atoms with Crippen LogP contribution in [0.15, 0.2) is 34.9 Å². The summed E-state index contributed by atoms with van der Waals surface area (Å²) in [4.78, 5) is 10.5. The molecule has 0 spiro atoms. The van der Waals surface area contributed by atoms with Gasteiger partial charge in [-0.3, -0.25) is 11.3 Å². The molecule has 0 aromatic heterocycles. The van der Waals surface area contributed by atoms with Crippen molar-refractivity contribution in [3.8, 4) is 0 Å². The van der Waals surface area contributed by atoms with Crippen LogP contribution in [0.5, 0.6) is 0 Å². The number of hydrogen-bond acceptors (Lipinski definition) is 3. The van der Waals surface area contributed by atoms with E-state index in [0.29, 0.717) is 6.54 Å². The molecule has 4 N–H and O–H groups in total. The van der Waals surface area contributed by atoms with Crippen LogP contribution < -0.4 is 11.3 Å². The van der Waals surface area contributed by atoms with Crippen LogP contribution in [0.25, 0.3) is 0 Å². The number of carbonyl (C=O) groups is 1. The Morgan fingerprint density at radius 2 is 2.23 bits per heavy atom. The zero-order chi connectivity index (χ0) is 10.3. The fourth-order valence-electron chi connectivity index (χ4n) is 0.563. The minimum absolute atomic E-state index is 0.133. The second-order valence-electron chi connectivity index (χ2n) is 2.13. The van der Waals surface area contributed by atoms with E-state index < -0.39 is 5.97 Å². The Morgan fingerprint density at radius 3 is 2.62 bits per heavy atom. The summed E-state index contributed by atoms with van der Waals surface area (Å²) in [5.74, 6) is 4.04. The zero-order valence-corrected chi connectivity index (χ0v) is 8.54. The Balaban J connectivity index is 4.44. The molecule has 0 aromatic carbocycles. The molecule has 72 valence electrons. The van der Waals surface area contributed by atoms with Gasteiger partial charge in [0.05, 0.1) is 5.57 Å². The van der Waals surface area contributed by atoms with Gasteiger partial charge >= 0.3 is 5.97 Å². The smallest absolute Gasteiger partial charge is 0.335 e. The van der Waals surface area contributed by atoms with E-state index in [2.05, 4.69) is 27.9 Å². The molecular formula is C8H11BrN2O2. The Morgan fingerprint density at radius 1 is 1.62 bits per heavy atom. The first kappa shape index (κ1) is 12.1. The van der Waals surface area contributed by atoms with Crippen LogP contribution in [-0.2, 0) is 4.79 Å². The van der Waals surface area contributed by atoms with Crippen molar-refractivity contribution in [2.75, 3.05) is 6.54 Å². The molecule has 13 heavy (non-hydrogen) atoms. The molecular weight excluding hydrogens is 236 g/mol. The highest BCUT2D eigenvalue weighted by atomic mass is 79.9. The van der Waals surface area contributed by atoms with E-state index >= 15 is 0 Å². The van der Waals surface area contributed by atoms with Crippen molar-refractivity contribution in [2.24, 2.45) is 5.84 Å². The van der Waals surface area contributed by atoms with Gasteiger partial charge in [0.2, 0.25) is 0 Å². The average Bonchev–Trinajstić information content (AvgIpc) is 2.05. The number of hydrogen-bond donors (Lipinski definition) is 3. The highest BCUT2D eigenvalue weighted by Crippen LogP contribution is 2.05. The monoisotopic (exact) mass is 246 g/mol. The molecule has 0 aliphatic rings. The minimum Gasteiger partial charge on any atom is -0.478 e. The molecule has 0 saturated heterocycles. The number of halogens is 1. The molecule has 0 aromatic rings. The number of aliphatic carboxylic acids is 1. The lowest BCUT2D eigenvalue weighted by molar-refractivity contribution is -0.132. The van der Waals surface area contributed by atoms with Gasteiger partial charge in [-0.05, 0) is 12.2 Å². The van der Waals surface area contributed by atoms with Crippen LogP contribution in [0.2, 0.25) is 0 Å². The molecule has 0 unspecified atom stereocenters. The quantitative estimate of drug-likeness (QED) is 0.292. The lowest BCUT2D eigenvalue weighted by Gasteiger charge is -1.95. The summed E-state index contributed by atoms with van der Waals surface area (Å²) in [5.41, 5.74) is 2.55. The van der Waals surface area contributed by atoms with Crippen molar-refractivity contribution in [2.45, 2.75) is 0 Å². The van der Waals surface area contributed by atoms with Gasteiger partial charge in [0.15, 0.2) is 0 Å². The van der Waals surface area contributed by atoms with Crippen LogP contribution in [-0.4, -0.2) is 17.6 Å². The van der Waals surface area contributed by atoms with Gasteiger partial charge in [-0.25, -0.2) is 4.79 Å². The van der Waals surface area contributed by atoms with E-state index in [0.717, 1.165) is 4.48 Å². The third-order valence-corrected chi connectivity index (χ3v) is 1.73. The zero-order valence-electron chi connectivity index (χ0n) is 6.96. The second kappa shape index (κ2) is 6.59. The summed E-state index contributed by atoms with van der Waals surface area (Å²) in [6, 6.07) is 0. The van der Waals surface area contributed by atoms with Crippen molar-refractivity contribution < 1.29 is 9.90 Å². The number of carboxylic acids is 1. The normalized spacial score (nSPS) is 12.8. The second-order valence-corrected chi connectivity index (χ2v) is 3.14. The van der Waals surface area contributed by atoms with Crippen molar-refractivity contribution >= 4 is 21.9 Å². The maximum absolute atomic E-state index is 10.5. The first-order chi connectivity index (χ1) is 6.11. The Bertz CT molecular complexity index is 259. The molecule has 5 heteroatoms. The van der Waals surface area contributed by atoms with E-state index in [1.165, 1.54) is 12.2 Å². The third kappa shape index (κ3) is 5.35. The number of carboxylic acid groups (broad SMARTS) is 1. The molecule has 0 amide bonds. The van der Waals surface area contributed by atoms with Gasteiger partial charge in [0.25, 0.3) is 0 Å². The van der Waals surface area contributed by atoms with E-state index in [1.807, 2.05) is 0 Å². The van der Waals surface area contributed by atoms with Crippen molar-refractivity contribution in [1.29, 1.82) is 0 Å². The van der Waals surface area contributed by atoms with Gasteiger partial charge in [-0.15, -0.1) is 0 Å². The van der Waals surface area contributed by atoms with Crippen LogP contribution in [0.1, 0.15) is 0 Å². The highest BCUT2D eigenvalue weighted by molar-refractivity contribution is 9.11. The molecule has 0 rings (SSSR count). The summed E-state index contributed by atoms with van der Waals surface area (Å²) in [5, 5.41) is 8.59. The molecule has 0 heterocycles. The summed E-state index contributed by atoms with van der Waals surface area (Å²) in [7, 11) is 0. The molecule has 4 nitrogen and oxygen atoms in total. The molecule has 0 aliphatic carbocycles. The van der Waals surface area contributed by atoms with Crippen molar-refractivity contribution in [3.05, 3.63) is 34.9 Å². The van der Waals surface area contributed by atoms with E-state index in [4.69, 9.17) is 10.9 Å². The van der Waals surface area contributed by atoms with E-state index in [-0.39, 0.29) is 5.57 Å². The number of nitrogens with two attached hydrogens (primary N) is 1. The van der Waals surface area contributed by atoms with Crippen LogP contribution in [0, 0.1) is 0 Å². The van der Waals surface area contributed by atoms with E-state index in [1.54, 1.807) is 6.08 Å². The summed E-state index contributed by atoms with van der Waals surface area (Å²) < 4.78 is 0.760. The van der Waals surface area contributed by atoms with Crippen molar-refractivity contribution in [3.63, 3.8) is 0 Å². The molecule has 0 bridgehead atoms. The lowest BCUT2D eigenvalue weighted by atomic mass is 10.2. The first-order valence-corrected chi connectivity index (χ1v) is 4.26. The summed E-state index contributed by atoms with van der Waals surface area (Å²) in [6.45, 7) is 3.82. The number of rotatable bonds is 5. The van der Waals surface area contributed by atoms with Crippen LogP contribution >= 0.6 is 15.9 Å². The molecule has 0 saturated carbocycles. The number of allylic oxidation sites excluding steroid dienone is 2.